The van der Waals surface area contributed by atoms with Crippen molar-refractivity contribution in [2.75, 3.05) is 11.9 Å². The Balaban J connectivity index is 2.14. The molecule has 3 nitrogen and oxygen atoms in total. The third-order valence-corrected chi connectivity index (χ3v) is 3.30. The van der Waals surface area contributed by atoms with Gasteiger partial charge < -0.3 is 10.6 Å². The molecular weight excluding hydrogens is 184 g/mol. The highest BCUT2D eigenvalue weighted by molar-refractivity contribution is 7.14. The summed E-state index contributed by atoms with van der Waals surface area (Å²) in [6, 6.07) is 3.86. The molecule has 1 saturated carbocycles. The van der Waals surface area contributed by atoms with Crippen molar-refractivity contribution in [1.29, 1.82) is 0 Å². The Morgan fingerprint density at radius 3 is 2.85 bits per heavy atom. The maximum atomic E-state index is 11.7. The second kappa shape index (κ2) is 2.82. The second-order valence-electron chi connectivity index (χ2n) is 3.47. The monoisotopic (exact) mass is 196 g/mol. The van der Waals surface area contributed by atoms with E-state index in [2.05, 4.69) is 0 Å². The highest BCUT2D eigenvalue weighted by Gasteiger charge is 2.47. The van der Waals surface area contributed by atoms with Gasteiger partial charge in [0.15, 0.2) is 0 Å². The van der Waals surface area contributed by atoms with Crippen LogP contribution in [0.2, 0.25) is 0 Å². The molecule has 0 aromatic carbocycles. The maximum absolute atomic E-state index is 11.7. The Labute approximate surface area is 81.2 Å². The molecule has 13 heavy (non-hydrogen) atoms. The molecule has 0 spiro atoms. The van der Waals surface area contributed by atoms with Gasteiger partial charge in [-0.25, -0.2) is 0 Å². The van der Waals surface area contributed by atoms with Crippen LogP contribution in [0.4, 0.5) is 5.00 Å². The van der Waals surface area contributed by atoms with E-state index in [-0.39, 0.29) is 5.91 Å². The van der Waals surface area contributed by atoms with Crippen molar-refractivity contribution < 1.29 is 4.79 Å². The first-order chi connectivity index (χ1) is 6.13. The molecule has 2 rings (SSSR count). The molecule has 2 N–H and O–H groups in total. The third-order valence-electron chi connectivity index (χ3n) is 2.36. The molecule has 0 atom stereocenters. The van der Waals surface area contributed by atoms with Crippen molar-refractivity contribution >= 4 is 22.2 Å². The van der Waals surface area contributed by atoms with Gasteiger partial charge in [-0.2, -0.15) is 0 Å². The van der Waals surface area contributed by atoms with Crippen molar-refractivity contribution in [3.63, 3.8) is 0 Å². The van der Waals surface area contributed by atoms with Gasteiger partial charge in [0, 0.05) is 7.05 Å². The summed E-state index contributed by atoms with van der Waals surface area (Å²) in [5.41, 5.74) is 5.25. The van der Waals surface area contributed by atoms with Crippen LogP contribution >= 0.6 is 11.3 Å². The Morgan fingerprint density at radius 2 is 2.38 bits per heavy atom. The number of rotatable bonds is 2. The first-order valence-electron chi connectivity index (χ1n) is 4.24. The van der Waals surface area contributed by atoms with Crippen LogP contribution in [0.3, 0.4) is 0 Å². The van der Waals surface area contributed by atoms with Crippen molar-refractivity contribution in [2.45, 2.75) is 18.4 Å². The number of thiophene rings is 1. The van der Waals surface area contributed by atoms with E-state index in [1.807, 2.05) is 17.5 Å². The first-order valence-corrected chi connectivity index (χ1v) is 5.12. The fourth-order valence-electron chi connectivity index (χ4n) is 1.24. The van der Waals surface area contributed by atoms with E-state index in [1.165, 1.54) is 0 Å². The summed E-state index contributed by atoms with van der Waals surface area (Å²) in [6.45, 7) is 0. The van der Waals surface area contributed by atoms with Gasteiger partial charge in [0.25, 0.3) is 0 Å². The normalized spacial score (nSPS) is 18.3. The Bertz CT molecular complexity index is 316. The molecule has 0 saturated heterocycles. The molecule has 1 aliphatic rings. The number of likely N-dealkylation sites (N-methyl/N-ethyl adjacent to an activating group) is 1. The number of hydrogen-bond donors (Lipinski definition) is 1. The van der Waals surface area contributed by atoms with Crippen LogP contribution in [0.5, 0.6) is 0 Å². The topological polar surface area (TPSA) is 46.3 Å². The summed E-state index contributed by atoms with van der Waals surface area (Å²) in [7, 11) is 1.78. The van der Waals surface area contributed by atoms with E-state index in [9.17, 15) is 4.79 Å². The van der Waals surface area contributed by atoms with Crippen LogP contribution in [-0.2, 0) is 4.79 Å². The van der Waals surface area contributed by atoms with Crippen molar-refractivity contribution in [2.24, 2.45) is 5.73 Å². The fourth-order valence-corrected chi connectivity index (χ4v) is 1.94. The summed E-state index contributed by atoms with van der Waals surface area (Å²) >= 11 is 1.55. The molecule has 1 aromatic rings. The summed E-state index contributed by atoms with van der Waals surface area (Å²) in [4.78, 5) is 13.4. The number of nitrogens with two attached hydrogens (primary N) is 1. The minimum absolute atomic E-state index is 0.0370. The fraction of sp³-hybridized carbons (Fsp3) is 0.444. The van der Waals surface area contributed by atoms with Crippen LogP contribution in [-0.4, -0.2) is 18.5 Å². The predicted molar refractivity (Wildman–Crippen MR) is 53.9 cm³/mol. The molecule has 1 aliphatic carbocycles. The third kappa shape index (κ3) is 1.47. The lowest BCUT2D eigenvalue weighted by molar-refractivity contribution is -0.120. The quantitative estimate of drug-likeness (QED) is 0.772. The molecule has 4 heteroatoms. The van der Waals surface area contributed by atoms with Crippen molar-refractivity contribution in [1.82, 2.24) is 0 Å². The summed E-state index contributed by atoms with van der Waals surface area (Å²) in [5, 5.41) is 2.91. The van der Waals surface area contributed by atoms with E-state index in [0.29, 0.717) is 0 Å². The zero-order valence-corrected chi connectivity index (χ0v) is 8.30. The van der Waals surface area contributed by atoms with Crippen molar-refractivity contribution in [3.8, 4) is 0 Å². The average Bonchev–Trinajstić information content (AvgIpc) is 2.71. The molecule has 0 bridgehead atoms. The van der Waals surface area contributed by atoms with E-state index in [1.54, 1.807) is 23.3 Å². The Morgan fingerprint density at radius 1 is 1.69 bits per heavy atom. The first kappa shape index (κ1) is 8.72. The SMILES string of the molecule is CN(C(=O)C1(N)CC1)c1cccs1. The van der Waals surface area contributed by atoms with Gasteiger partial charge in [0.05, 0.1) is 10.5 Å². The lowest BCUT2D eigenvalue weighted by Crippen LogP contribution is -2.43. The van der Waals surface area contributed by atoms with E-state index < -0.39 is 5.54 Å². The largest absolute Gasteiger partial charge is 0.317 e. The maximum Gasteiger partial charge on any atom is 0.247 e. The zero-order valence-electron chi connectivity index (χ0n) is 7.49. The number of carbonyl (C=O) groups excluding carboxylic acids is 1. The minimum Gasteiger partial charge on any atom is -0.317 e. The molecule has 0 aliphatic heterocycles. The van der Waals surface area contributed by atoms with E-state index in [0.717, 1.165) is 17.8 Å². The predicted octanol–water partition coefficient (Wildman–Crippen LogP) is 1.20. The smallest absolute Gasteiger partial charge is 0.247 e. The number of carbonyl (C=O) groups is 1. The molecule has 0 radical (unpaired) electrons. The molecule has 70 valence electrons. The summed E-state index contributed by atoms with van der Waals surface area (Å²) in [5.74, 6) is 0.0370. The molecule has 1 amide bonds. The van der Waals surface area contributed by atoms with Gasteiger partial charge in [-0.3, -0.25) is 4.79 Å². The van der Waals surface area contributed by atoms with Crippen molar-refractivity contribution in [3.05, 3.63) is 17.5 Å². The molecule has 1 fully saturated rings. The standard InChI is InChI=1S/C9H12N2OS/c1-11(7-3-2-6-13-7)8(12)9(10)4-5-9/h2-3,6H,4-5,10H2,1H3. The van der Waals surface area contributed by atoms with Crippen LogP contribution in [0, 0.1) is 0 Å². The molecule has 0 unspecified atom stereocenters. The van der Waals surface area contributed by atoms with Gasteiger partial charge in [0.1, 0.15) is 0 Å². The van der Waals surface area contributed by atoms with Crippen LogP contribution in [0.25, 0.3) is 0 Å². The molecular formula is C9H12N2OS. The number of nitrogens with zero attached hydrogens (tertiary/aromatic N) is 1. The van der Waals surface area contributed by atoms with Gasteiger partial charge in [0.2, 0.25) is 5.91 Å². The minimum atomic E-state index is -0.557. The highest BCUT2D eigenvalue weighted by Crippen LogP contribution is 2.35. The number of amides is 1. The average molecular weight is 196 g/mol. The summed E-state index contributed by atoms with van der Waals surface area (Å²) in [6.07, 6.45) is 1.64. The van der Waals surface area contributed by atoms with Crippen LogP contribution in [0.1, 0.15) is 12.8 Å². The number of anilines is 1. The Hall–Kier alpha value is -0.870. The molecule has 1 aromatic heterocycles. The van der Waals surface area contributed by atoms with Gasteiger partial charge >= 0.3 is 0 Å². The number of hydrogen-bond acceptors (Lipinski definition) is 3. The van der Waals surface area contributed by atoms with Gasteiger partial charge in [-0.05, 0) is 30.4 Å². The zero-order chi connectivity index (χ0) is 9.47. The molecule has 1 heterocycles. The van der Waals surface area contributed by atoms with Crippen LogP contribution < -0.4 is 10.6 Å². The van der Waals surface area contributed by atoms with E-state index in [4.69, 9.17) is 5.73 Å². The van der Waals surface area contributed by atoms with E-state index >= 15 is 0 Å². The van der Waals surface area contributed by atoms with Gasteiger partial charge in [-0.1, -0.05) is 0 Å². The Kier molecular flexibility index (Phi) is 1.89. The second-order valence-corrected chi connectivity index (χ2v) is 4.40. The van der Waals surface area contributed by atoms with Gasteiger partial charge in [-0.15, -0.1) is 11.3 Å². The summed E-state index contributed by atoms with van der Waals surface area (Å²) < 4.78 is 0. The lowest BCUT2D eigenvalue weighted by Gasteiger charge is -2.18. The lowest BCUT2D eigenvalue weighted by atomic mass is 10.2. The van der Waals surface area contributed by atoms with Crippen LogP contribution in [0.15, 0.2) is 17.5 Å². The highest BCUT2D eigenvalue weighted by atomic mass is 32.1.